The fraction of sp³-hybridized carbons (Fsp3) is 0.400. The maximum Gasteiger partial charge on any atom is 0.222 e. The van der Waals surface area contributed by atoms with E-state index in [1.54, 1.807) is 0 Å². The van der Waals surface area contributed by atoms with Crippen molar-refractivity contribution in [2.45, 2.75) is 39.7 Å². The number of anilines is 1. The summed E-state index contributed by atoms with van der Waals surface area (Å²) in [5.41, 5.74) is 4.71. The van der Waals surface area contributed by atoms with Gasteiger partial charge < -0.3 is 10.2 Å². The van der Waals surface area contributed by atoms with Crippen LogP contribution in [0.3, 0.4) is 0 Å². The number of carbonyl (C=O) groups is 1. The number of hydrogen-bond acceptors (Lipinski definition) is 5. The second-order valence-corrected chi connectivity index (χ2v) is 6.61. The highest BCUT2D eigenvalue weighted by Crippen LogP contribution is 2.20. The predicted molar refractivity (Wildman–Crippen MR) is 99.5 cm³/mol. The van der Waals surface area contributed by atoms with Crippen LogP contribution in [-0.4, -0.2) is 34.1 Å². The van der Waals surface area contributed by atoms with Gasteiger partial charge in [0.25, 0.3) is 0 Å². The summed E-state index contributed by atoms with van der Waals surface area (Å²) in [6.07, 6.45) is 2.09. The zero-order chi connectivity index (χ0) is 18.5. The Hall–Kier alpha value is -2.94. The van der Waals surface area contributed by atoms with Gasteiger partial charge in [0, 0.05) is 26.1 Å². The van der Waals surface area contributed by atoms with Gasteiger partial charge in [-0.25, -0.2) is 0 Å². The van der Waals surface area contributed by atoms with E-state index in [1.165, 1.54) is 11.1 Å². The van der Waals surface area contributed by atoms with E-state index in [9.17, 15) is 10.1 Å². The van der Waals surface area contributed by atoms with E-state index in [0.29, 0.717) is 37.3 Å². The molecular formula is C20H23N5O. The molecule has 26 heavy (non-hydrogen) atoms. The summed E-state index contributed by atoms with van der Waals surface area (Å²) in [4.78, 5) is 14.4. The zero-order valence-electron chi connectivity index (χ0n) is 15.2. The third kappa shape index (κ3) is 3.83. The SMILES string of the molecule is Cc1nnc(NCCCC(=O)N2CCc3ccccc3C2)c(C#N)c1C. The lowest BCUT2D eigenvalue weighted by atomic mass is 9.99. The van der Waals surface area contributed by atoms with Crippen molar-refractivity contribution in [2.24, 2.45) is 0 Å². The molecule has 1 N–H and O–H groups in total. The minimum absolute atomic E-state index is 0.174. The van der Waals surface area contributed by atoms with E-state index in [0.717, 1.165) is 24.2 Å². The number of carbonyl (C=O) groups excluding carboxylic acids is 1. The summed E-state index contributed by atoms with van der Waals surface area (Å²) < 4.78 is 0. The number of aromatic nitrogens is 2. The van der Waals surface area contributed by atoms with Crippen LogP contribution in [0.25, 0.3) is 0 Å². The van der Waals surface area contributed by atoms with E-state index in [1.807, 2.05) is 30.9 Å². The van der Waals surface area contributed by atoms with Crippen LogP contribution in [0.1, 0.15) is 40.8 Å². The number of fused-ring (bicyclic) bond motifs is 1. The van der Waals surface area contributed by atoms with Gasteiger partial charge in [0.05, 0.1) is 5.69 Å². The van der Waals surface area contributed by atoms with Crippen molar-refractivity contribution in [2.75, 3.05) is 18.4 Å². The zero-order valence-corrected chi connectivity index (χ0v) is 15.2. The molecule has 0 saturated carbocycles. The highest BCUT2D eigenvalue weighted by Gasteiger charge is 2.19. The maximum absolute atomic E-state index is 12.5. The van der Waals surface area contributed by atoms with Gasteiger partial charge in [0.15, 0.2) is 5.82 Å². The first-order chi connectivity index (χ1) is 12.6. The molecule has 1 aromatic carbocycles. The lowest BCUT2D eigenvalue weighted by Gasteiger charge is -2.29. The summed E-state index contributed by atoms with van der Waals surface area (Å²) in [5, 5.41) is 20.6. The molecule has 6 nitrogen and oxygen atoms in total. The molecule has 0 saturated heterocycles. The van der Waals surface area contributed by atoms with Crippen LogP contribution in [0.4, 0.5) is 5.82 Å². The van der Waals surface area contributed by atoms with E-state index in [2.05, 4.69) is 33.7 Å². The quantitative estimate of drug-likeness (QED) is 0.839. The topological polar surface area (TPSA) is 81.9 Å². The minimum atomic E-state index is 0.174. The van der Waals surface area contributed by atoms with Gasteiger partial charge in [-0.2, -0.15) is 10.4 Å². The Bertz CT molecular complexity index is 856. The van der Waals surface area contributed by atoms with Crippen LogP contribution in [0.15, 0.2) is 24.3 Å². The third-order valence-corrected chi connectivity index (χ3v) is 4.91. The molecule has 2 heterocycles. The van der Waals surface area contributed by atoms with Gasteiger partial charge in [-0.15, -0.1) is 5.10 Å². The Kier molecular flexibility index (Phi) is 5.47. The van der Waals surface area contributed by atoms with E-state index >= 15 is 0 Å². The summed E-state index contributed by atoms with van der Waals surface area (Å²) >= 11 is 0. The Morgan fingerprint density at radius 2 is 2.04 bits per heavy atom. The number of nitrogens with zero attached hydrogens (tertiary/aromatic N) is 4. The van der Waals surface area contributed by atoms with Gasteiger partial charge in [0.1, 0.15) is 11.6 Å². The van der Waals surface area contributed by atoms with Crippen molar-refractivity contribution in [3.8, 4) is 6.07 Å². The largest absolute Gasteiger partial charge is 0.367 e. The van der Waals surface area contributed by atoms with Gasteiger partial charge in [-0.1, -0.05) is 24.3 Å². The number of nitriles is 1. The molecule has 0 radical (unpaired) electrons. The highest BCUT2D eigenvalue weighted by molar-refractivity contribution is 5.76. The van der Waals surface area contributed by atoms with E-state index in [4.69, 9.17) is 0 Å². The van der Waals surface area contributed by atoms with Crippen molar-refractivity contribution in [3.63, 3.8) is 0 Å². The third-order valence-electron chi connectivity index (χ3n) is 4.91. The first-order valence-corrected chi connectivity index (χ1v) is 8.92. The molecule has 0 atom stereocenters. The normalized spacial score (nSPS) is 13.0. The summed E-state index contributed by atoms with van der Waals surface area (Å²) in [6, 6.07) is 10.5. The Morgan fingerprint density at radius 1 is 1.27 bits per heavy atom. The molecular weight excluding hydrogens is 326 g/mol. The van der Waals surface area contributed by atoms with Crippen LogP contribution in [0, 0.1) is 25.2 Å². The molecule has 1 aromatic heterocycles. The summed E-state index contributed by atoms with van der Waals surface area (Å²) in [6.45, 7) is 5.77. The van der Waals surface area contributed by atoms with Crippen LogP contribution >= 0.6 is 0 Å². The number of rotatable bonds is 5. The Labute approximate surface area is 153 Å². The number of hydrogen-bond donors (Lipinski definition) is 1. The molecule has 0 spiro atoms. The summed E-state index contributed by atoms with van der Waals surface area (Å²) in [5.74, 6) is 0.669. The first kappa shape index (κ1) is 17.9. The van der Waals surface area contributed by atoms with Gasteiger partial charge in [0.2, 0.25) is 5.91 Å². The highest BCUT2D eigenvalue weighted by atomic mass is 16.2. The van der Waals surface area contributed by atoms with E-state index < -0.39 is 0 Å². The average Bonchev–Trinajstić information content (AvgIpc) is 2.67. The van der Waals surface area contributed by atoms with Crippen molar-refractivity contribution in [3.05, 3.63) is 52.2 Å². The fourth-order valence-electron chi connectivity index (χ4n) is 3.18. The van der Waals surface area contributed by atoms with Crippen LogP contribution < -0.4 is 5.32 Å². The fourth-order valence-corrected chi connectivity index (χ4v) is 3.18. The first-order valence-electron chi connectivity index (χ1n) is 8.92. The van der Waals surface area contributed by atoms with Gasteiger partial charge in [-0.3, -0.25) is 4.79 Å². The van der Waals surface area contributed by atoms with Crippen molar-refractivity contribution < 1.29 is 4.79 Å². The second kappa shape index (κ2) is 7.96. The predicted octanol–water partition coefficient (Wildman–Crippen LogP) is 2.74. The lowest BCUT2D eigenvalue weighted by Crippen LogP contribution is -2.36. The van der Waals surface area contributed by atoms with Crippen LogP contribution in [-0.2, 0) is 17.8 Å². The van der Waals surface area contributed by atoms with Crippen molar-refractivity contribution in [1.82, 2.24) is 15.1 Å². The smallest absolute Gasteiger partial charge is 0.222 e. The molecule has 3 rings (SSSR count). The average molecular weight is 349 g/mol. The summed E-state index contributed by atoms with van der Waals surface area (Å²) in [7, 11) is 0. The number of nitrogens with one attached hydrogen (secondary N) is 1. The van der Waals surface area contributed by atoms with Crippen molar-refractivity contribution >= 4 is 11.7 Å². The number of amides is 1. The Morgan fingerprint density at radius 3 is 2.81 bits per heavy atom. The standard InChI is InChI=1S/C20H23N5O/c1-14-15(2)23-24-20(18(14)12-21)22-10-5-8-19(26)25-11-9-16-6-3-4-7-17(16)13-25/h3-4,6-7H,5,8-11,13H2,1-2H3,(H,22,24). The molecule has 134 valence electrons. The molecule has 2 aromatic rings. The van der Waals surface area contributed by atoms with Crippen LogP contribution in [0.5, 0.6) is 0 Å². The van der Waals surface area contributed by atoms with E-state index in [-0.39, 0.29) is 5.91 Å². The van der Waals surface area contributed by atoms with Gasteiger partial charge >= 0.3 is 0 Å². The molecule has 0 fully saturated rings. The molecule has 0 bridgehead atoms. The molecule has 6 heteroatoms. The Balaban J connectivity index is 1.50. The minimum Gasteiger partial charge on any atom is -0.367 e. The molecule has 1 aliphatic heterocycles. The lowest BCUT2D eigenvalue weighted by molar-refractivity contribution is -0.132. The molecule has 1 aliphatic rings. The monoisotopic (exact) mass is 349 g/mol. The second-order valence-electron chi connectivity index (χ2n) is 6.61. The molecule has 1 amide bonds. The molecule has 0 unspecified atom stereocenters. The van der Waals surface area contributed by atoms with Crippen LogP contribution in [0.2, 0.25) is 0 Å². The number of benzene rings is 1. The van der Waals surface area contributed by atoms with Crippen molar-refractivity contribution in [1.29, 1.82) is 5.26 Å². The molecule has 0 aliphatic carbocycles. The number of aryl methyl sites for hydroxylation is 1. The van der Waals surface area contributed by atoms with Gasteiger partial charge in [-0.05, 0) is 43.4 Å². The maximum atomic E-state index is 12.5.